The third kappa shape index (κ3) is 6.45. The molecule has 0 saturated carbocycles. The molecule has 9 heteroatoms. The molecule has 0 saturated heterocycles. The molecule has 0 aliphatic carbocycles. The topological polar surface area (TPSA) is 98.1 Å². The van der Waals surface area contributed by atoms with E-state index >= 15 is 0 Å². The lowest BCUT2D eigenvalue weighted by atomic mass is 10.1. The summed E-state index contributed by atoms with van der Waals surface area (Å²) in [5, 5.41) is 14.7. The van der Waals surface area contributed by atoms with Crippen molar-refractivity contribution >= 4 is 35.0 Å². The third-order valence-corrected chi connectivity index (χ3v) is 5.78. The van der Waals surface area contributed by atoms with E-state index in [1.165, 1.54) is 11.8 Å². The minimum atomic E-state index is -0.248. The number of nitrogens with one attached hydrogen (secondary N) is 2. The summed E-state index contributed by atoms with van der Waals surface area (Å²) in [4.78, 5) is 25.1. The Morgan fingerprint density at radius 1 is 1.06 bits per heavy atom. The van der Waals surface area contributed by atoms with Crippen LogP contribution in [0.3, 0.4) is 0 Å². The molecule has 0 bridgehead atoms. The summed E-state index contributed by atoms with van der Waals surface area (Å²) >= 11 is 1.26. The van der Waals surface area contributed by atoms with Gasteiger partial charge in [0.1, 0.15) is 11.6 Å². The molecule has 0 spiro atoms. The molecule has 0 unspecified atom stereocenters. The second-order valence-electron chi connectivity index (χ2n) is 7.07. The number of ether oxygens (including phenoxy) is 1. The third-order valence-electron chi connectivity index (χ3n) is 4.81. The Bertz CT molecular complexity index is 1130. The number of carbonyl (C=O) groups excluding carboxylic acids is 2. The van der Waals surface area contributed by atoms with E-state index in [1.807, 2.05) is 43.3 Å². The summed E-state index contributed by atoms with van der Waals surface area (Å²) in [6.07, 6.45) is 2.56. The maximum absolute atomic E-state index is 12.6. The summed E-state index contributed by atoms with van der Waals surface area (Å²) < 4.78 is 7.06. The van der Waals surface area contributed by atoms with Gasteiger partial charge in [0.15, 0.2) is 5.16 Å². The number of hydrogen-bond acceptors (Lipinski definition) is 6. The molecular weight excluding hydrogens is 438 g/mol. The van der Waals surface area contributed by atoms with Crippen LogP contribution in [0.15, 0.2) is 66.3 Å². The number of methoxy groups -OCH3 is 1. The molecule has 3 aromatic rings. The zero-order valence-electron chi connectivity index (χ0n) is 18.7. The zero-order chi connectivity index (χ0) is 23.6. The lowest BCUT2D eigenvalue weighted by Gasteiger charge is -2.11. The number of thioether (sulfide) groups is 1. The van der Waals surface area contributed by atoms with Gasteiger partial charge in [0.2, 0.25) is 11.8 Å². The highest BCUT2D eigenvalue weighted by Gasteiger charge is 2.17. The maximum Gasteiger partial charge on any atom is 0.234 e. The van der Waals surface area contributed by atoms with Crippen LogP contribution in [0.1, 0.15) is 18.3 Å². The Labute approximate surface area is 197 Å². The first-order chi connectivity index (χ1) is 16.0. The number of anilines is 2. The number of aromatic nitrogens is 3. The van der Waals surface area contributed by atoms with Crippen molar-refractivity contribution in [3.05, 3.63) is 72.6 Å². The molecule has 33 heavy (non-hydrogen) atoms. The number of para-hydroxylation sites is 3. The Balaban J connectivity index is 1.64. The van der Waals surface area contributed by atoms with Crippen molar-refractivity contribution in [3.63, 3.8) is 0 Å². The molecule has 0 aliphatic heterocycles. The van der Waals surface area contributed by atoms with Gasteiger partial charge in [0, 0.05) is 12.2 Å². The Kier molecular flexibility index (Phi) is 8.65. The summed E-state index contributed by atoms with van der Waals surface area (Å²) in [6.45, 7) is 6.24. The van der Waals surface area contributed by atoms with Crippen molar-refractivity contribution in [1.29, 1.82) is 0 Å². The van der Waals surface area contributed by atoms with Crippen LogP contribution in [0.2, 0.25) is 0 Å². The lowest BCUT2D eigenvalue weighted by Crippen LogP contribution is -2.18. The number of carbonyl (C=O) groups is 2. The fourth-order valence-electron chi connectivity index (χ4n) is 3.22. The number of aryl methyl sites for hydroxylation is 1. The summed E-state index contributed by atoms with van der Waals surface area (Å²) in [6, 6.07) is 14.9. The Morgan fingerprint density at radius 3 is 2.48 bits per heavy atom. The van der Waals surface area contributed by atoms with Gasteiger partial charge in [-0.2, -0.15) is 0 Å². The van der Waals surface area contributed by atoms with Crippen LogP contribution < -0.4 is 15.4 Å². The number of hydrogen-bond donors (Lipinski definition) is 2. The Morgan fingerprint density at radius 2 is 1.76 bits per heavy atom. The van der Waals surface area contributed by atoms with Crippen LogP contribution in [0.5, 0.6) is 5.75 Å². The molecule has 2 aromatic carbocycles. The predicted octanol–water partition coefficient (Wildman–Crippen LogP) is 3.95. The minimum absolute atomic E-state index is 0.0233. The highest BCUT2D eigenvalue weighted by Crippen LogP contribution is 2.24. The van der Waals surface area contributed by atoms with E-state index in [0.29, 0.717) is 29.0 Å². The van der Waals surface area contributed by atoms with E-state index in [-0.39, 0.29) is 24.0 Å². The van der Waals surface area contributed by atoms with Crippen molar-refractivity contribution in [2.45, 2.75) is 31.5 Å². The summed E-state index contributed by atoms with van der Waals surface area (Å²) in [5.74, 6) is 0.847. The molecule has 8 nitrogen and oxygen atoms in total. The highest BCUT2D eigenvalue weighted by atomic mass is 32.2. The summed E-state index contributed by atoms with van der Waals surface area (Å²) in [5.41, 5.74) is 2.47. The van der Waals surface area contributed by atoms with Crippen molar-refractivity contribution in [3.8, 4) is 5.75 Å². The number of nitrogens with zero attached hydrogens (tertiary/aromatic N) is 3. The smallest absolute Gasteiger partial charge is 0.234 e. The number of rotatable bonds is 11. The summed E-state index contributed by atoms with van der Waals surface area (Å²) in [7, 11) is 1.55. The first-order valence-corrected chi connectivity index (χ1v) is 11.5. The van der Waals surface area contributed by atoms with Crippen LogP contribution in [-0.4, -0.2) is 39.4 Å². The second kappa shape index (κ2) is 11.9. The molecule has 2 amide bonds. The maximum atomic E-state index is 12.6. The predicted molar refractivity (Wildman–Crippen MR) is 131 cm³/mol. The van der Waals surface area contributed by atoms with Crippen molar-refractivity contribution in [2.24, 2.45) is 0 Å². The zero-order valence-corrected chi connectivity index (χ0v) is 19.5. The highest BCUT2D eigenvalue weighted by molar-refractivity contribution is 7.99. The fraction of sp³-hybridized carbons (Fsp3) is 0.250. The van der Waals surface area contributed by atoms with Crippen LogP contribution >= 0.6 is 11.8 Å². The fourth-order valence-corrected chi connectivity index (χ4v) is 3.99. The van der Waals surface area contributed by atoms with Crippen LogP contribution in [-0.2, 0) is 29.0 Å². The van der Waals surface area contributed by atoms with E-state index in [9.17, 15) is 9.59 Å². The van der Waals surface area contributed by atoms with Gasteiger partial charge in [0.25, 0.3) is 0 Å². The average Bonchev–Trinajstić information content (AvgIpc) is 3.19. The molecule has 3 rings (SSSR count). The molecule has 2 N–H and O–H groups in total. The van der Waals surface area contributed by atoms with Gasteiger partial charge in [-0.05, 0) is 30.2 Å². The van der Waals surface area contributed by atoms with Crippen LogP contribution in [0.25, 0.3) is 0 Å². The van der Waals surface area contributed by atoms with Gasteiger partial charge in [0.05, 0.1) is 25.0 Å². The van der Waals surface area contributed by atoms with E-state index in [4.69, 9.17) is 4.74 Å². The van der Waals surface area contributed by atoms with E-state index in [2.05, 4.69) is 27.4 Å². The van der Waals surface area contributed by atoms with Gasteiger partial charge < -0.3 is 19.9 Å². The number of benzene rings is 2. The first kappa shape index (κ1) is 24.1. The number of allylic oxidation sites excluding steroid dienone is 1. The monoisotopic (exact) mass is 465 g/mol. The standard InChI is InChI=1S/C24H27N5O3S/c1-4-14-29-21(15-22(30)26-19-12-8-9-13-20(19)32-3)27-28-24(29)33-16-23(31)25-18-11-7-6-10-17(18)5-2/h4,6-13H,1,5,14-16H2,2-3H3,(H,25,31)(H,26,30). The molecule has 172 valence electrons. The minimum Gasteiger partial charge on any atom is -0.495 e. The van der Waals surface area contributed by atoms with E-state index in [0.717, 1.165) is 17.7 Å². The second-order valence-corrected chi connectivity index (χ2v) is 8.01. The molecule has 0 fully saturated rings. The van der Waals surface area contributed by atoms with E-state index in [1.54, 1.807) is 29.9 Å². The van der Waals surface area contributed by atoms with Gasteiger partial charge in [-0.3, -0.25) is 9.59 Å². The van der Waals surface area contributed by atoms with Crippen molar-refractivity contribution < 1.29 is 14.3 Å². The lowest BCUT2D eigenvalue weighted by molar-refractivity contribution is -0.116. The van der Waals surface area contributed by atoms with E-state index < -0.39 is 0 Å². The molecule has 0 radical (unpaired) electrons. The molecule has 0 aliphatic rings. The largest absolute Gasteiger partial charge is 0.495 e. The average molecular weight is 466 g/mol. The van der Waals surface area contributed by atoms with Gasteiger partial charge in [-0.25, -0.2) is 0 Å². The Hall–Kier alpha value is -3.59. The molecule has 1 heterocycles. The number of amides is 2. The van der Waals surface area contributed by atoms with Gasteiger partial charge in [-0.1, -0.05) is 55.1 Å². The molecule has 0 atom stereocenters. The van der Waals surface area contributed by atoms with Crippen molar-refractivity contribution in [2.75, 3.05) is 23.5 Å². The molecule has 1 aromatic heterocycles. The van der Waals surface area contributed by atoms with Crippen LogP contribution in [0.4, 0.5) is 11.4 Å². The van der Waals surface area contributed by atoms with Crippen LogP contribution in [0, 0.1) is 0 Å². The first-order valence-electron chi connectivity index (χ1n) is 10.5. The van der Waals surface area contributed by atoms with Gasteiger partial charge >= 0.3 is 0 Å². The van der Waals surface area contributed by atoms with Crippen molar-refractivity contribution in [1.82, 2.24) is 14.8 Å². The SMILES string of the molecule is C=CCn1c(CC(=O)Nc2ccccc2OC)nnc1SCC(=O)Nc1ccccc1CC. The quantitative estimate of drug-likeness (QED) is 0.329. The normalized spacial score (nSPS) is 10.5. The van der Waals surface area contributed by atoms with Gasteiger partial charge in [-0.15, -0.1) is 16.8 Å². The molecular formula is C24H27N5O3S.